The molecule has 0 bridgehead atoms. The van der Waals surface area contributed by atoms with Crippen molar-refractivity contribution >= 4 is 23.4 Å². The summed E-state index contributed by atoms with van der Waals surface area (Å²) in [6.45, 7) is 0.786. The second-order valence-electron chi connectivity index (χ2n) is 6.42. The van der Waals surface area contributed by atoms with Gasteiger partial charge in [-0.1, -0.05) is 30.0 Å². The number of aryl methyl sites for hydroxylation is 1. The van der Waals surface area contributed by atoms with Gasteiger partial charge in [0.15, 0.2) is 5.16 Å². The minimum absolute atomic E-state index is 0.0117. The van der Waals surface area contributed by atoms with Gasteiger partial charge in [-0.15, -0.1) is 0 Å². The van der Waals surface area contributed by atoms with Gasteiger partial charge in [0.05, 0.1) is 6.20 Å². The number of rotatable bonds is 2. The number of anilines is 1. The number of carbonyl (C=O) groups excluding carboxylic acids is 1. The van der Waals surface area contributed by atoms with Crippen LogP contribution in [0.25, 0.3) is 0 Å². The first-order valence-corrected chi connectivity index (χ1v) is 9.08. The van der Waals surface area contributed by atoms with E-state index in [1.54, 1.807) is 0 Å². The zero-order chi connectivity index (χ0) is 15.9. The topological polar surface area (TPSA) is 46.1 Å². The van der Waals surface area contributed by atoms with Gasteiger partial charge < -0.3 is 4.90 Å². The Labute approximate surface area is 140 Å². The number of hydrogen-bond donors (Lipinski definition) is 0. The number of hydrogen-bond acceptors (Lipinski definition) is 4. The van der Waals surface area contributed by atoms with Crippen LogP contribution >= 0.6 is 11.8 Å². The summed E-state index contributed by atoms with van der Waals surface area (Å²) in [6, 6.07) is 9.96. The van der Waals surface area contributed by atoms with E-state index in [1.807, 2.05) is 41.5 Å². The van der Waals surface area contributed by atoms with Gasteiger partial charge in [-0.3, -0.25) is 4.79 Å². The third-order valence-corrected chi connectivity index (χ3v) is 5.43. The highest BCUT2D eigenvalue weighted by Crippen LogP contribution is 2.44. The van der Waals surface area contributed by atoms with E-state index in [4.69, 9.17) is 0 Å². The summed E-state index contributed by atoms with van der Waals surface area (Å²) < 4.78 is 0. The minimum Gasteiger partial charge on any atom is -0.312 e. The van der Waals surface area contributed by atoms with E-state index in [0.717, 1.165) is 47.9 Å². The number of fused-ring (bicyclic) bond motifs is 1. The van der Waals surface area contributed by atoms with Crippen molar-refractivity contribution in [1.29, 1.82) is 0 Å². The molecule has 1 aromatic carbocycles. The van der Waals surface area contributed by atoms with E-state index in [-0.39, 0.29) is 11.3 Å². The lowest BCUT2D eigenvalue weighted by Crippen LogP contribution is -2.33. The highest BCUT2D eigenvalue weighted by Gasteiger charge is 2.45. The number of nitrogens with zero attached hydrogens (tertiary/aromatic N) is 3. The molecular weight excluding hydrogens is 306 g/mol. The number of para-hydroxylation sites is 1. The Morgan fingerprint density at radius 3 is 2.87 bits per heavy atom. The van der Waals surface area contributed by atoms with Gasteiger partial charge in [0.1, 0.15) is 0 Å². The molecule has 1 aliphatic heterocycles. The molecule has 4 rings (SSSR count). The SMILES string of the molecule is CSc1n[c]c2c(n1)CC1(CC2)CC(=O)N(c2ccccc2)C1. The second kappa shape index (κ2) is 5.64. The van der Waals surface area contributed by atoms with Gasteiger partial charge in [0.25, 0.3) is 0 Å². The molecule has 1 radical (unpaired) electrons. The van der Waals surface area contributed by atoms with Gasteiger partial charge >= 0.3 is 0 Å². The summed E-state index contributed by atoms with van der Waals surface area (Å²) in [6.07, 6.45) is 8.50. The molecule has 1 amide bonds. The quantitative estimate of drug-likeness (QED) is 0.629. The third-order valence-electron chi connectivity index (χ3n) is 4.88. The van der Waals surface area contributed by atoms with Crippen LogP contribution in [0.2, 0.25) is 0 Å². The molecule has 2 heterocycles. The van der Waals surface area contributed by atoms with Crippen LogP contribution < -0.4 is 4.90 Å². The molecule has 1 spiro atoms. The summed E-state index contributed by atoms with van der Waals surface area (Å²) in [5.74, 6) is 0.225. The standard InChI is InChI=1S/C18H18N3OS/c1-23-17-19-11-13-7-8-18(9-15(13)20-17)10-16(22)21(12-18)14-5-3-2-4-6-14/h2-6H,7-10,12H2,1H3. The van der Waals surface area contributed by atoms with Gasteiger partial charge in [-0.2, -0.15) is 0 Å². The Balaban J connectivity index is 1.62. The predicted octanol–water partition coefficient (Wildman–Crippen LogP) is 2.91. The normalized spacial score (nSPS) is 23.3. The molecule has 1 fully saturated rings. The summed E-state index contributed by atoms with van der Waals surface area (Å²) in [5.41, 5.74) is 3.22. The van der Waals surface area contributed by atoms with E-state index in [2.05, 4.69) is 16.2 Å². The average Bonchev–Trinajstić information content (AvgIpc) is 2.91. The monoisotopic (exact) mass is 324 g/mol. The first-order chi connectivity index (χ1) is 11.2. The van der Waals surface area contributed by atoms with Crippen LogP contribution in [0, 0.1) is 11.6 Å². The molecule has 1 saturated heterocycles. The molecule has 1 atom stereocenters. The van der Waals surface area contributed by atoms with E-state index >= 15 is 0 Å². The Bertz CT molecular complexity index is 749. The maximum atomic E-state index is 12.6. The maximum absolute atomic E-state index is 12.6. The number of aromatic nitrogens is 2. The van der Waals surface area contributed by atoms with Gasteiger partial charge in [-0.05, 0) is 37.7 Å². The molecule has 1 aromatic heterocycles. The Hall–Kier alpha value is -1.88. The van der Waals surface area contributed by atoms with Crippen LogP contribution in [-0.4, -0.2) is 28.7 Å². The van der Waals surface area contributed by atoms with Crippen LogP contribution in [0.4, 0.5) is 5.69 Å². The van der Waals surface area contributed by atoms with Gasteiger partial charge in [0, 0.05) is 35.3 Å². The van der Waals surface area contributed by atoms with Crippen molar-refractivity contribution in [2.45, 2.75) is 30.8 Å². The van der Waals surface area contributed by atoms with Gasteiger partial charge in [-0.25, -0.2) is 9.97 Å². The Morgan fingerprint density at radius 1 is 1.26 bits per heavy atom. The van der Waals surface area contributed by atoms with E-state index < -0.39 is 0 Å². The first-order valence-electron chi connectivity index (χ1n) is 7.86. The van der Waals surface area contributed by atoms with Crippen molar-refractivity contribution in [2.75, 3.05) is 17.7 Å². The lowest BCUT2D eigenvalue weighted by atomic mass is 9.73. The summed E-state index contributed by atoms with van der Waals surface area (Å²) >= 11 is 1.54. The molecule has 117 valence electrons. The molecule has 2 aromatic rings. The van der Waals surface area contributed by atoms with Gasteiger partial charge in [0.2, 0.25) is 5.91 Å². The summed E-state index contributed by atoms with van der Waals surface area (Å²) in [5, 5.41) is 0.769. The fourth-order valence-corrected chi connectivity index (χ4v) is 4.02. The third kappa shape index (κ3) is 2.63. The molecule has 0 saturated carbocycles. The van der Waals surface area contributed by atoms with Crippen molar-refractivity contribution in [3.8, 4) is 0 Å². The molecule has 23 heavy (non-hydrogen) atoms. The lowest BCUT2D eigenvalue weighted by molar-refractivity contribution is -0.117. The van der Waals surface area contributed by atoms with Crippen LogP contribution in [0.1, 0.15) is 24.1 Å². The predicted molar refractivity (Wildman–Crippen MR) is 90.5 cm³/mol. The van der Waals surface area contributed by atoms with Crippen LogP contribution in [0.5, 0.6) is 0 Å². The van der Waals surface area contributed by atoms with Crippen LogP contribution in [0.3, 0.4) is 0 Å². The lowest BCUT2D eigenvalue weighted by Gasteiger charge is -2.33. The molecule has 0 N–H and O–H groups in total. The fourth-order valence-electron chi connectivity index (χ4n) is 3.68. The molecule has 1 unspecified atom stereocenters. The van der Waals surface area contributed by atoms with Crippen molar-refractivity contribution in [3.63, 3.8) is 0 Å². The number of amides is 1. The molecule has 4 nitrogen and oxygen atoms in total. The summed E-state index contributed by atoms with van der Waals surface area (Å²) in [7, 11) is 0. The Morgan fingerprint density at radius 2 is 2.09 bits per heavy atom. The van der Waals surface area contributed by atoms with E-state index in [1.165, 1.54) is 11.8 Å². The van der Waals surface area contributed by atoms with Crippen LogP contribution in [0.15, 0.2) is 35.5 Å². The summed E-state index contributed by atoms with van der Waals surface area (Å²) in [4.78, 5) is 23.4. The minimum atomic E-state index is 0.0117. The molecular formula is C18H18N3OS. The Kier molecular flexibility index (Phi) is 3.60. The fraction of sp³-hybridized carbons (Fsp3) is 0.389. The van der Waals surface area contributed by atoms with Crippen molar-refractivity contribution in [3.05, 3.63) is 47.8 Å². The van der Waals surface area contributed by atoms with Crippen LogP contribution in [-0.2, 0) is 17.6 Å². The van der Waals surface area contributed by atoms with E-state index in [9.17, 15) is 4.79 Å². The molecule has 5 heteroatoms. The molecule has 1 aliphatic carbocycles. The second-order valence-corrected chi connectivity index (χ2v) is 7.19. The average molecular weight is 324 g/mol. The van der Waals surface area contributed by atoms with Crippen molar-refractivity contribution in [2.24, 2.45) is 5.41 Å². The first kappa shape index (κ1) is 14.7. The zero-order valence-electron chi connectivity index (χ0n) is 13.1. The number of thioether (sulfide) groups is 1. The van der Waals surface area contributed by atoms with Crippen molar-refractivity contribution < 1.29 is 4.79 Å². The smallest absolute Gasteiger partial charge is 0.227 e. The number of carbonyl (C=O) groups is 1. The number of benzene rings is 1. The molecule has 2 aliphatic rings. The highest BCUT2D eigenvalue weighted by atomic mass is 32.2. The zero-order valence-corrected chi connectivity index (χ0v) is 13.9. The van der Waals surface area contributed by atoms with Crippen molar-refractivity contribution in [1.82, 2.24) is 9.97 Å². The van der Waals surface area contributed by atoms with E-state index in [0.29, 0.717) is 6.42 Å². The highest BCUT2D eigenvalue weighted by molar-refractivity contribution is 7.98. The maximum Gasteiger partial charge on any atom is 0.227 e. The largest absolute Gasteiger partial charge is 0.312 e.